The molecule has 0 spiro atoms. The number of hydrogen-bond donors (Lipinski definition) is 1. The van der Waals surface area contributed by atoms with Crippen LogP contribution >= 0.6 is 0 Å². The number of carbonyl (C=O) groups is 1. The summed E-state index contributed by atoms with van der Waals surface area (Å²) in [6, 6.07) is 0.477. The fraction of sp³-hybridized carbons (Fsp3) is 0.909. The van der Waals surface area contributed by atoms with Gasteiger partial charge >= 0.3 is 0 Å². The van der Waals surface area contributed by atoms with Crippen LogP contribution in [0.4, 0.5) is 0 Å². The maximum absolute atomic E-state index is 11.5. The van der Waals surface area contributed by atoms with Crippen molar-refractivity contribution < 1.29 is 4.79 Å². The third kappa shape index (κ3) is 1.41. The van der Waals surface area contributed by atoms with Gasteiger partial charge in [0.05, 0.1) is 0 Å². The monoisotopic (exact) mass is 181 g/mol. The number of Topliss-reactive ketones (excluding diaryl/α,β-unsaturated/α-hetero) is 1. The number of hydrogen-bond acceptors (Lipinski definition) is 2. The van der Waals surface area contributed by atoms with Crippen LogP contribution in [0.25, 0.3) is 0 Å². The van der Waals surface area contributed by atoms with Crippen molar-refractivity contribution in [3.8, 4) is 0 Å². The van der Waals surface area contributed by atoms with E-state index in [9.17, 15) is 4.79 Å². The summed E-state index contributed by atoms with van der Waals surface area (Å²) in [6.45, 7) is 1.76. The van der Waals surface area contributed by atoms with Gasteiger partial charge in [-0.25, -0.2) is 0 Å². The second-order valence-corrected chi connectivity index (χ2v) is 4.63. The van der Waals surface area contributed by atoms with E-state index in [1.165, 1.54) is 25.7 Å². The average molecular weight is 181 g/mol. The molecule has 0 aromatic heterocycles. The zero-order chi connectivity index (χ0) is 9.42. The van der Waals surface area contributed by atoms with E-state index in [2.05, 4.69) is 5.32 Å². The normalized spacial score (nSPS) is 43.5. The van der Waals surface area contributed by atoms with Crippen LogP contribution in [-0.4, -0.2) is 18.9 Å². The van der Waals surface area contributed by atoms with E-state index in [0.717, 1.165) is 5.92 Å². The highest BCUT2D eigenvalue weighted by molar-refractivity contribution is 5.79. The summed E-state index contributed by atoms with van der Waals surface area (Å²) in [6.07, 6.45) is 5.24. The molecule has 2 nitrogen and oxygen atoms in total. The number of ketones is 1. The lowest BCUT2D eigenvalue weighted by atomic mass is 9.60. The molecule has 3 rings (SSSR count). The van der Waals surface area contributed by atoms with Gasteiger partial charge in [-0.3, -0.25) is 4.79 Å². The molecule has 0 aliphatic heterocycles. The Morgan fingerprint density at radius 1 is 1.15 bits per heavy atom. The van der Waals surface area contributed by atoms with E-state index >= 15 is 0 Å². The zero-order valence-corrected chi connectivity index (χ0v) is 8.55. The second-order valence-electron chi connectivity index (χ2n) is 4.63. The Labute approximate surface area is 80.1 Å². The van der Waals surface area contributed by atoms with Gasteiger partial charge in [0, 0.05) is 12.0 Å². The Balaban J connectivity index is 2.18. The first-order valence-corrected chi connectivity index (χ1v) is 5.41. The molecule has 0 heterocycles. The minimum absolute atomic E-state index is 0.317. The molecule has 0 amide bonds. The van der Waals surface area contributed by atoms with E-state index in [1.54, 1.807) is 6.92 Å². The summed E-state index contributed by atoms with van der Waals surface area (Å²) in [5.74, 6) is 2.16. The quantitative estimate of drug-likeness (QED) is 0.701. The van der Waals surface area contributed by atoms with Crippen molar-refractivity contribution in [1.29, 1.82) is 0 Å². The van der Waals surface area contributed by atoms with Crippen molar-refractivity contribution in [3.63, 3.8) is 0 Å². The highest BCUT2D eigenvalue weighted by atomic mass is 16.1. The van der Waals surface area contributed by atoms with Gasteiger partial charge in [0.25, 0.3) is 0 Å². The number of carbonyl (C=O) groups excluding carboxylic acids is 1. The van der Waals surface area contributed by atoms with E-state index in [4.69, 9.17) is 0 Å². The smallest absolute Gasteiger partial charge is 0.134 e. The molecular weight excluding hydrogens is 162 g/mol. The van der Waals surface area contributed by atoms with Crippen LogP contribution in [-0.2, 0) is 4.79 Å². The lowest BCUT2D eigenvalue weighted by Crippen LogP contribution is -2.53. The summed E-state index contributed by atoms with van der Waals surface area (Å²) < 4.78 is 0. The lowest BCUT2D eigenvalue weighted by Gasteiger charge is -2.47. The van der Waals surface area contributed by atoms with Gasteiger partial charge in [0.1, 0.15) is 5.78 Å². The van der Waals surface area contributed by atoms with Gasteiger partial charge < -0.3 is 5.32 Å². The molecule has 74 valence electrons. The average Bonchev–Trinajstić information content (AvgIpc) is 2.17. The van der Waals surface area contributed by atoms with E-state index in [1.807, 2.05) is 7.05 Å². The maximum atomic E-state index is 11.5. The molecule has 0 aromatic rings. The molecule has 3 aliphatic carbocycles. The van der Waals surface area contributed by atoms with Crippen molar-refractivity contribution in [1.82, 2.24) is 5.32 Å². The van der Waals surface area contributed by atoms with Crippen LogP contribution in [0.5, 0.6) is 0 Å². The van der Waals surface area contributed by atoms with Crippen LogP contribution in [0, 0.1) is 17.8 Å². The Morgan fingerprint density at radius 3 is 2.08 bits per heavy atom. The van der Waals surface area contributed by atoms with Gasteiger partial charge in [0.15, 0.2) is 0 Å². The minimum atomic E-state index is 0.317. The summed E-state index contributed by atoms with van der Waals surface area (Å²) >= 11 is 0. The van der Waals surface area contributed by atoms with Gasteiger partial charge in [-0.1, -0.05) is 0 Å². The van der Waals surface area contributed by atoms with Crippen LogP contribution in [0.15, 0.2) is 0 Å². The molecule has 13 heavy (non-hydrogen) atoms. The van der Waals surface area contributed by atoms with Crippen LogP contribution in [0.3, 0.4) is 0 Å². The second kappa shape index (κ2) is 3.41. The molecule has 3 fully saturated rings. The zero-order valence-electron chi connectivity index (χ0n) is 8.55. The molecule has 0 radical (unpaired) electrons. The largest absolute Gasteiger partial charge is 0.316 e. The van der Waals surface area contributed by atoms with Crippen molar-refractivity contribution >= 4 is 5.78 Å². The molecule has 0 aromatic carbocycles. The summed E-state index contributed by atoms with van der Waals surface area (Å²) in [5, 5.41) is 3.35. The first kappa shape index (κ1) is 9.20. The fourth-order valence-electron chi connectivity index (χ4n) is 3.45. The van der Waals surface area contributed by atoms with Gasteiger partial charge in [-0.2, -0.15) is 0 Å². The molecule has 1 N–H and O–H groups in total. The number of nitrogens with one attached hydrogen (secondary N) is 1. The molecule has 3 aliphatic rings. The SMILES string of the molecule is CN[C@H]1C2CCC(CC2)[C@H]1C(C)=O. The fourth-order valence-corrected chi connectivity index (χ4v) is 3.45. The molecule has 2 heteroatoms. The highest BCUT2D eigenvalue weighted by Crippen LogP contribution is 2.45. The number of rotatable bonds is 2. The van der Waals surface area contributed by atoms with Gasteiger partial charge in [-0.05, 0) is 51.5 Å². The Hall–Kier alpha value is -0.370. The standard InChI is InChI=1S/C11H19NO/c1-7(13)10-8-3-5-9(6-4-8)11(10)12-2/h8-12H,3-6H2,1-2H3/t8?,9?,10-,11+/m1/s1. The summed E-state index contributed by atoms with van der Waals surface area (Å²) in [5.41, 5.74) is 0. The third-order valence-corrected chi connectivity index (χ3v) is 4.02. The van der Waals surface area contributed by atoms with Gasteiger partial charge in [0.2, 0.25) is 0 Å². The molecule has 2 bridgehead atoms. The van der Waals surface area contributed by atoms with Crippen molar-refractivity contribution in [2.45, 2.75) is 38.6 Å². The van der Waals surface area contributed by atoms with Crippen LogP contribution in [0.1, 0.15) is 32.6 Å². The van der Waals surface area contributed by atoms with E-state index in [0.29, 0.717) is 23.7 Å². The molecule has 3 saturated carbocycles. The maximum Gasteiger partial charge on any atom is 0.134 e. The number of fused-ring (bicyclic) bond motifs is 3. The van der Waals surface area contributed by atoms with Crippen LogP contribution in [0.2, 0.25) is 0 Å². The van der Waals surface area contributed by atoms with Crippen molar-refractivity contribution in [3.05, 3.63) is 0 Å². The highest BCUT2D eigenvalue weighted by Gasteiger charge is 2.44. The molecule has 0 saturated heterocycles. The minimum Gasteiger partial charge on any atom is -0.316 e. The molecule has 0 unspecified atom stereocenters. The lowest BCUT2D eigenvalue weighted by molar-refractivity contribution is -0.127. The predicted molar refractivity (Wildman–Crippen MR) is 52.5 cm³/mol. The first-order chi connectivity index (χ1) is 6.24. The predicted octanol–water partition coefficient (Wildman–Crippen LogP) is 1.60. The van der Waals surface area contributed by atoms with Crippen molar-refractivity contribution in [2.24, 2.45) is 17.8 Å². The van der Waals surface area contributed by atoms with Crippen molar-refractivity contribution in [2.75, 3.05) is 7.05 Å². The Bertz CT molecular complexity index is 206. The third-order valence-electron chi connectivity index (χ3n) is 4.02. The summed E-state index contributed by atoms with van der Waals surface area (Å²) in [7, 11) is 2.00. The Kier molecular flexibility index (Phi) is 2.41. The molecule has 2 atom stereocenters. The molecular formula is C11H19NO. The summed E-state index contributed by atoms with van der Waals surface area (Å²) in [4.78, 5) is 11.5. The van der Waals surface area contributed by atoms with Gasteiger partial charge in [-0.15, -0.1) is 0 Å². The van der Waals surface area contributed by atoms with E-state index in [-0.39, 0.29) is 0 Å². The van der Waals surface area contributed by atoms with E-state index < -0.39 is 0 Å². The first-order valence-electron chi connectivity index (χ1n) is 5.41. The van der Waals surface area contributed by atoms with Crippen LogP contribution < -0.4 is 5.32 Å². The topological polar surface area (TPSA) is 29.1 Å². The Morgan fingerprint density at radius 2 is 1.69 bits per heavy atom.